The zero-order chi connectivity index (χ0) is 16.5. The maximum Gasteiger partial charge on any atom is 0.153 e. The molecule has 0 N–H and O–H groups in total. The van der Waals surface area contributed by atoms with Crippen molar-refractivity contribution < 1.29 is 4.74 Å². The van der Waals surface area contributed by atoms with Crippen LogP contribution in [0, 0.1) is 0 Å². The summed E-state index contributed by atoms with van der Waals surface area (Å²) in [5.74, 6) is 1.09. The van der Waals surface area contributed by atoms with Crippen molar-refractivity contribution in [3.05, 3.63) is 72.5 Å². The summed E-state index contributed by atoms with van der Waals surface area (Å²) >= 11 is 0. The Hall–Kier alpha value is -2.69. The molecule has 0 saturated heterocycles. The zero-order valence-electron chi connectivity index (χ0n) is 13.6. The molecule has 0 radical (unpaired) electrons. The Balaban J connectivity index is 3.30. The molecule has 1 aliphatic heterocycles. The third-order valence-electron chi connectivity index (χ3n) is 2.66. The molecular weight excluding hydrogens is 276 g/mol. The van der Waals surface area contributed by atoms with Crippen LogP contribution in [0.15, 0.2) is 88.0 Å². The molecular formula is C17H22N4O. The minimum Gasteiger partial charge on any atom is -0.460 e. The lowest BCUT2D eigenvalue weighted by molar-refractivity contribution is 0.330. The Bertz CT molecular complexity index is 617. The van der Waals surface area contributed by atoms with E-state index in [1.54, 1.807) is 18.4 Å². The molecule has 0 spiro atoms. The molecule has 0 aliphatic carbocycles. The number of rotatable bonds is 4. The van der Waals surface area contributed by atoms with Crippen molar-refractivity contribution in [1.82, 2.24) is 4.90 Å². The molecule has 0 aromatic heterocycles. The fourth-order valence-corrected chi connectivity index (χ4v) is 1.69. The maximum atomic E-state index is 5.68. The quantitative estimate of drug-likeness (QED) is 0.725. The van der Waals surface area contributed by atoms with E-state index in [2.05, 4.69) is 28.6 Å². The number of allylic oxidation sites excluding steroid dienone is 7. The molecule has 0 fully saturated rings. The lowest BCUT2D eigenvalue weighted by atomic mass is 10.1. The Morgan fingerprint density at radius 3 is 2.73 bits per heavy atom. The van der Waals surface area contributed by atoms with E-state index in [1.165, 1.54) is 0 Å². The van der Waals surface area contributed by atoms with Crippen LogP contribution in [0.2, 0.25) is 0 Å². The van der Waals surface area contributed by atoms with E-state index in [-0.39, 0.29) is 0 Å². The van der Waals surface area contributed by atoms with E-state index in [0.717, 1.165) is 11.3 Å². The van der Waals surface area contributed by atoms with E-state index in [4.69, 9.17) is 4.74 Å². The summed E-state index contributed by atoms with van der Waals surface area (Å²) in [5.41, 5.74) is 2.12. The van der Waals surface area contributed by atoms with Gasteiger partial charge in [0.2, 0.25) is 0 Å². The van der Waals surface area contributed by atoms with Crippen LogP contribution in [-0.2, 0) is 4.74 Å². The fourth-order valence-electron chi connectivity index (χ4n) is 1.69. The van der Waals surface area contributed by atoms with Crippen molar-refractivity contribution in [2.24, 2.45) is 15.4 Å². The van der Waals surface area contributed by atoms with Crippen molar-refractivity contribution in [3.8, 4) is 0 Å². The standard InChI is InChI=1S/C17H22N4O/c1-7-9-13(2)12-16(21(5)6)17-15(4)22-14(3)10-8-11-18-20-19-17/h7-12H,2,4H2,1,3,5-6H3/b9-7-,11-8-,14-10+,16-12-,19-17?,20-18?. The van der Waals surface area contributed by atoms with Crippen LogP contribution in [0.4, 0.5) is 0 Å². The van der Waals surface area contributed by atoms with Gasteiger partial charge in [0.15, 0.2) is 5.71 Å². The minimum absolute atomic E-state index is 0.399. The lowest BCUT2D eigenvalue weighted by Crippen LogP contribution is -2.21. The average molecular weight is 298 g/mol. The van der Waals surface area contributed by atoms with Gasteiger partial charge in [-0.05, 0) is 42.9 Å². The SMILES string of the molecule is C=C(/C=C\C)/C=C(/C1=NN=N/C=C\C=C(/C)OC1=C)N(C)C. The lowest BCUT2D eigenvalue weighted by Gasteiger charge is -2.20. The van der Waals surface area contributed by atoms with Gasteiger partial charge in [0.1, 0.15) is 11.5 Å². The molecule has 0 bridgehead atoms. The van der Waals surface area contributed by atoms with E-state index >= 15 is 0 Å². The first-order valence-electron chi connectivity index (χ1n) is 6.85. The minimum atomic E-state index is 0.399. The molecule has 22 heavy (non-hydrogen) atoms. The highest BCUT2D eigenvalue weighted by atomic mass is 16.5. The van der Waals surface area contributed by atoms with Crippen LogP contribution in [0.3, 0.4) is 0 Å². The molecule has 0 saturated carbocycles. The normalized spacial score (nSPS) is 20.0. The zero-order valence-corrected chi connectivity index (χ0v) is 13.6. The van der Waals surface area contributed by atoms with Crippen LogP contribution in [-0.4, -0.2) is 24.7 Å². The molecule has 0 unspecified atom stereocenters. The number of ether oxygens (including phenoxy) is 1. The average Bonchev–Trinajstić information content (AvgIpc) is 2.44. The summed E-state index contributed by atoms with van der Waals surface area (Å²) in [7, 11) is 3.81. The highest BCUT2D eigenvalue weighted by Crippen LogP contribution is 2.17. The van der Waals surface area contributed by atoms with Gasteiger partial charge >= 0.3 is 0 Å². The second kappa shape index (κ2) is 8.56. The van der Waals surface area contributed by atoms with Crippen LogP contribution in [0.25, 0.3) is 0 Å². The molecule has 1 rings (SSSR count). The van der Waals surface area contributed by atoms with Crippen molar-refractivity contribution >= 4 is 5.71 Å². The van der Waals surface area contributed by atoms with Gasteiger partial charge in [0, 0.05) is 14.1 Å². The van der Waals surface area contributed by atoms with Crippen molar-refractivity contribution in [3.63, 3.8) is 0 Å². The fraction of sp³-hybridized carbons (Fsp3) is 0.235. The Morgan fingerprint density at radius 2 is 2.09 bits per heavy atom. The van der Waals surface area contributed by atoms with Gasteiger partial charge in [-0.3, -0.25) is 0 Å². The van der Waals surface area contributed by atoms with Crippen LogP contribution in [0.1, 0.15) is 13.8 Å². The highest BCUT2D eigenvalue weighted by molar-refractivity contribution is 6.10. The number of nitrogens with zero attached hydrogens (tertiary/aromatic N) is 4. The molecule has 0 amide bonds. The summed E-state index contributed by atoms with van der Waals surface area (Å²) in [6.45, 7) is 11.7. The molecule has 116 valence electrons. The molecule has 1 heterocycles. The van der Waals surface area contributed by atoms with E-state index in [0.29, 0.717) is 17.2 Å². The third kappa shape index (κ3) is 5.36. The van der Waals surface area contributed by atoms with Crippen LogP contribution in [0.5, 0.6) is 0 Å². The van der Waals surface area contributed by atoms with Gasteiger partial charge in [-0.25, -0.2) is 0 Å². The van der Waals surface area contributed by atoms with Crippen LogP contribution >= 0.6 is 0 Å². The molecule has 0 aromatic rings. The molecule has 5 heteroatoms. The molecule has 0 atom stereocenters. The van der Waals surface area contributed by atoms with Crippen molar-refractivity contribution in [2.75, 3.05) is 14.1 Å². The summed E-state index contributed by atoms with van der Waals surface area (Å²) in [6, 6.07) is 0. The van der Waals surface area contributed by atoms with Gasteiger partial charge < -0.3 is 9.64 Å². The van der Waals surface area contributed by atoms with E-state index in [1.807, 2.05) is 51.1 Å². The smallest absolute Gasteiger partial charge is 0.153 e. The molecule has 5 nitrogen and oxygen atoms in total. The predicted molar refractivity (Wildman–Crippen MR) is 91.1 cm³/mol. The second-order valence-electron chi connectivity index (χ2n) is 4.80. The summed E-state index contributed by atoms with van der Waals surface area (Å²) < 4.78 is 5.68. The first-order chi connectivity index (χ1) is 10.5. The third-order valence-corrected chi connectivity index (χ3v) is 2.66. The van der Waals surface area contributed by atoms with Gasteiger partial charge in [0.25, 0.3) is 0 Å². The summed E-state index contributed by atoms with van der Waals surface area (Å²) in [5, 5.41) is 11.8. The highest BCUT2D eigenvalue weighted by Gasteiger charge is 2.16. The number of hydrogen-bond donors (Lipinski definition) is 0. The second-order valence-corrected chi connectivity index (χ2v) is 4.80. The van der Waals surface area contributed by atoms with Gasteiger partial charge in [-0.15, -0.1) is 10.2 Å². The van der Waals surface area contributed by atoms with E-state index in [9.17, 15) is 0 Å². The van der Waals surface area contributed by atoms with Crippen LogP contribution < -0.4 is 0 Å². The summed E-state index contributed by atoms with van der Waals surface area (Å²) in [6.07, 6.45) is 10.8. The first kappa shape index (κ1) is 17.4. The first-order valence-corrected chi connectivity index (χ1v) is 6.85. The summed E-state index contributed by atoms with van der Waals surface area (Å²) in [4.78, 5) is 1.90. The van der Waals surface area contributed by atoms with Gasteiger partial charge in [-0.1, -0.05) is 25.3 Å². The number of hydrogen-bond acceptors (Lipinski definition) is 5. The molecule has 0 aromatic carbocycles. The Labute approximate surface area is 132 Å². The Morgan fingerprint density at radius 1 is 1.36 bits per heavy atom. The molecule has 1 aliphatic rings. The van der Waals surface area contributed by atoms with E-state index < -0.39 is 0 Å². The Kier molecular flexibility index (Phi) is 6.76. The monoisotopic (exact) mass is 298 g/mol. The maximum absolute atomic E-state index is 5.68. The topological polar surface area (TPSA) is 49.6 Å². The van der Waals surface area contributed by atoms with Crippen molar-refractivity contribution in [1.29, 1.82) is 0 Å². The van der Waals surface area contributed by atoms with Gasteiger partial charge in [-0.2, -0.15) is 0 Å². The van der Waals surface area contributed by atoms with Crippen molar-refractivity contribution in [2.45, 2.75) is 13.8 Å². The predicted octanol–water partition coefficient (Wildman–Crippen LogP) is 4.33. The largest absolute Gasteiger partial charge is 0.460 e. The van der Waals surface area contributed by atoms with Gasteiger partial charge in [0.05, 0.1) is 11.9 Å².